The fourth-order valence-electron chi connectivity index (χ4n) is 1.88. The molecule has 0 aliphatic rings. The monoisotopic (exact) mass is 503 g/mol. The molecule has 0 fully saturated rings. The largest absolute Gasteiger partial charge is 0.573 e. The fraction of sp³-hybridized carbons (Fsp3) is 0.188. The molecule has 3 N–H and O–H groups in total. The van der Waals surface area contributed by atoms with Crippen LogP contribution < -0.4 is 20.5 Å². The van der Waals surface area contributed by atoms with Gasteiger partial charge >= 0.3 is 6.36 Å². The molecule has 11 heteroatoms. The first-order valence-electron chi connectivity index (χ1n) is 7.24. The molecular weight excluding hydrogens is 488 g/mol. The number of guanidine groups is 1. The third-order valence-electron chi connectivity index (χ3n) is 2.90. The number of alkyl halides is 3. The molecule has 0 spiro atoms. The lowest BCUT2D eigenvalue weighted by molar-refractivity contribution is -0.274. The summed E-state index contributed by atoms with van der Waals surface area (Å²) in [6, 6.07) is 8.13. The van der Waals surface area contributed by atoms with Crippen molar-refractivity contribution in [3.8, 4) is 11.5 Å². The van der Waals surface area contributed by atoms with Crippen molar-refractivity contribution in [3.63, 3.8) is 0 Å². The number of aliphatic imine (C=N–C) groups is 1. The van der Waals surface area contributed by atoms with Crippen molar-refractivity contribution >= 4 is 35.6 Å². The summed E-state index contributed by atoms with van der Waals surface area (Å²) in [4.78, 5) is 3.84. The average Bonchev–Trinajstić information content (AvgIpc) is 2.54. The second kappa shape index (κ2) is 10.1. The van der Waals surface area contributed by atoms with Crippen LogP contribution in [0, 0.1) is 11.6 Å². The number of nitrogens with zero attached hydrogens (tertiary/aromatic N) is 1. The first-order valence-corrected chi connectivity index (χ1v) is 7.24. The first-order chi connectivity index (χ1) is 12.2. The molecular formula is C16H15F5IN3O2. The van der Waals surface area contributed by atoms with Crippen molar-refractivity contribution in [2.75, 3.05) is 18.5 Å². The van der Waals surface area contributed by atoms with Crippen LogP contribution in [0.2, 0.25) is 0 Å². The van der Waals surface area contributed by atoms with E-state index in [1.807, 2.05) is 0 Å². The van der Waals surface area contributed by atoms with Gasteiger partial charge in [0.05, 0.1) is 12.2 Å². The van der Waals surface area contributed by atoms with Crippen LogP contribution in [0.25, 0.3) is 0 Å². The number of hydrogen-bond acceptors (Lipinski definition) is 3. The maximum Gasteiger partial charge on any atom is 0.573 e. The predicted octanol–water partition coefficient (Wildman–Crippen LogP) is 4.29. The van der Waals surface area contributed by atoms with Gasteiger partial charge in [0.15, 0.2) is 23.3 Å². The van der Waals surface area contributed by atoms with E-state index in [0.717, 1.165) is 18.2 Å². The molecule has 2 aromatic rings. The summed E-state index contributed by atoms with van der Waals surface area (Å²) in [6.07, 6.45) is -4.85. The van der Waals surface area contributed by atoms with Gasteiger partial charge in [-0.2, -0.15) is 0 Å². The zero-order chi connectivity index (χ0) is 19.2. The van der Waals surface area contributed by atoms with Gasteiger partial charge in [0.2, 0.25) is 0 Å². The number of rotatable bonds is 6. The molecule has 0 radical (unpaired) electrons. The molecule has 0 heterocycles. The van der Waals surface area contributed by atoms with Crippen molar-refractivity contribution in [1.29, 1.82) is 0 Å². The number of nitrogens with one attached hydrogen (secondary N) is 1. The normalized spacial score (nSPS) is 11.5. The van der Waals surface area contributed by atoms with Gasteiger partial charge in [-0.05, 0) is 24.3 Å². The lowest BCUT2D eigenvalue weighted by Gasteiger charge is -2.14. The van der Waals surface area contributed by atoms with Crippen molar-refractivity contribution in [2.45, 2.75) is 6.36 Å². The average molecular weight is 503 g/mol. The number of hydrogen-bond donors (Lipinski definition) is 2. The highest BCUT2D eigenvalue weighted by Gasteiger charge is 2.32. The minimum atomic E-state index is -4.85. The smallest absolute Gasteiger partial charge is 0.489 e. The summed E-state index contributed by atoms with van der Waals surface area (Å²) in [5.74, 6) is -2.41. The van der Waals surface area contributed by atoms with Crippen LogP contribution in [-0.4, -0.2) is 25.5 Å². The summed E-state index contributed by atoms with van der Waals surface area (Å²) in [7, 11) is 0. The molecule has 0 bridgehead atoms. The van der Waals surface area contributed by atoms with Crippen LogP contribution in [-0.2, 0) is 0 Å². The molecule has 2 aromatic carbocycles. The maximum absolute atomic E-state index is 13.4. The van der Waals surface area contributed by atoms with E-state index in [1.165, 1.54) is 18.2 Å². The molecule has 0 saturated heterocycles. The number of para-hydroxylation sites is 2. The van der Waals surface area contributed by atoms with E-state index in [4.69, 9.17) is 10.5 Å². The quantitative estimate of drug-likeness (QED) is 0.203. The van der Waals surface area contributed by atoms with Crippen LogP contribution in [0.1, 0.15) is 0 Å². The van der Waals surface area contributed by atoms with E-state index in [9.17, 15) is 22.0 Å². The first kappa shape index (κ1) is 22.7. The highest BCUT2D eigenvalue weighted by Crippen LogP contribution is 2.29. The second-order valence-electron chi connectivity index (χ2n) is 4.86. The number of nitrogens with two attached hydrogens (primary N) is 1. The van der Waals surface area contributed by atoms with Gasteiger partial charge in [0.1, 0.15) is 12.4 Å². The van der Waals surface area contributed by atoms with Crippen LogP contribution in [0.5, 0.6) is 11.5 Å². The molecule has 0 unspecified atom stereocenters. The van der Waals surface area contributed by atoms with Gasteiger partial charge in [-0.15, -0.1) is 37.1 Å². The molecule has 0 aromatic heterocycles. The molecule has 0 aliphatic heterocycles. The molecule has 0 atom stereocenters. The highest BCUT2D eigenvalue weighted by atomic mass is 127. The summed E-state index contributed by atoms with van der Waals surface area (Å²) in [6.45, 7) is -0.0937. The van der Waals surface area contributed by atoms with Gasteiger partial charge in [-0.3, -0.25) is 0 Å². The SMILES string of the molecule is I.NC(=NCCOc1ccc(F)cc1F)Nc1ccccc1OC(F)(F)F. The summed E-state index contributed by atoms with van der Waals surface area (Å²) >= 11 is 0. The maximum atomic E-state index is 13.4. The van der Waals surface area contributed by atoms with Crippen molar-refractivity contribution in [3.05, 3.63) is 54.1 Å². The Bertz CT molecular complexity index is 787. The Morgan fingerprint density at radius 2 is 1.78 bits per heavy atom. The van der Waals surface area contributed by atoms with Crippen LogP contribution in [0.3, 0.4) is 0 Å². The Balaban J connectivity index is 0.00000364. The number of halogens is 6. The molecule has 27 heavy (non-hydrogen) atoms. The Labute approximate surface area is 168 Å². The minimum absolute atomic E-state index is 0. The van der Waals surface area contributed by atoms with Gasteiger partial charge in [-0.1, -0.05) is 12.1 Å². The number of anilines is 1. The Kier molecular flexibility index (Phi) is 8.53. The molecule has 5 nitrogen and oxygen atoms in total. The van der Waals surface area contributed by atoms with Crippen molar-refractivity contribution in [1.82, 2.24) is 0 Å². The Hall–Kier alpha value is -2.31. The van der Waals surface area contributed by atoms with Gasteiger partial charge in [0, 0.05) is 6.07 Å². The van der Waals surface area contributed by atoms with Gasteiger partial charge < -0.3 is 20.5 Å². The Morgan fingerprint density at radius 3 is 2.44 bits per heavy atom. The van der Waals surface area contributed by atoms with E-state index < -0.39 is 23.7 Å². The second-order valence-corrected chi connectivity index (χ2v) is 4.86. The summed E-state index contributed by atoms with van der Waals surface area (Å²) < 4.78 is 72.1. The topological polar surface area (TPSA) is 68.9 Å². The van der Waals surface area contributed by atoms with Crippen LogP contribution >= 0.6 is 24.0 Å². The van der Waals surface area contributed by atoms with E-state index in [2.05, 4.69) is 15.0 Å². The third-order valence-corrected chi connectivity index (χ3v) is 2.90. The molecule has 0 aliphatic carbocycles. The van der Waals surface area contributed by atoms with Gasteiger partial charge in [0.25, 0.3) is 0 Å². The molecule has 0 saturated carbocycles. The number of ether oxygens (including phenoxy) is 2. The standard InChI is InChI=1S/C16H14F5N3O2.HI/c17-10-5-6-13(11(18)9-10)25-8-7-23-15(22)24-12-3-1-2-4-14(12)26-16(19,20)21;/h1-6,9H,7-8H2,(H3,22,23,24);1H. The van der Waals surface area contributed by atoms with Crippen molar-refractivity contribution < 1.29 is 31.4 Å². The summed E-state index contributed by atoms with van der Waals surface area (Å²) in [5.41, 5.74) is 5.56. The van der Waals surface area contributed by atoms with Gasteiger partial charge in [-0.25, -0.2) is 13.8 Å². The molecule has 2 rings (SSSR count). The van der Waals surface area contributed by atoms with E-state index in [1.54, 1.807) is 0 Å². The molecule has 148 valence electrons. The number of benzene rings is 2. The lowest BCUT2D eigenvalue weighted by Crippen LogP contribution is -2.25. The molecule has 0 amide bonds. The zero-order valence-electron chi connectivity index (χ0n) is 13.6. The van der Waals surface area contributed by atoms with Crippen molar-refractivity contribution in [2.24, 2.45) is 10.7 Å². The third kappa shape index (κ3) is 7.85. The highest BCUT2D eigenvalue weighted by molar-refractivity contribution is 14.0. The van der Waals surface area contributed by atoms with E-state index in [-0.39, 0.29) is 54.5 Å². The predicted molar refractivity (Wildman–Crippen MR) is 101 cm³/mol. The Morgan fingerprint density at radius 1 is 1.07 bits per heavy atom. The summed E-state index contributed by atoms with van der Waals surface area (Å²) in [5, 5.41) is 2.47. The lowest BCUT2D eigenvalue weighted by atomic mass is 10.3. The minimum Gasteiger partial charge on any atom is -0.489 e. The van der Waals surface area contributed by atoms with Crippen LogP contribution in [0.4, 0.5) is 27.6 Å². The fourth-order valence-corrected chi connectivity index (χ4v) is 1.88. The van der Waals surface area contributed by atoms with Crippen LogP contribution in [0.15, 0.2) is 47.5 Å². The van der Waals surface area contributed by atoms with E-state index in [0.29, 0.717) is 6.07 Å². The van der Waals surface area contributed by atoms with E-state index >= 15 is 0 Å². The zero-order valence-corrected chi connectivity index (χ0v) is 15.9.